The average molecular weight is 502 g/mol. The van der Waals surface area contributed by atoms with Crippen LogP contribution in [-0.2, 0) is 12.8 Å². The molecule has 3 nitrogen and oxygen atoms in total. The number of carboxylic acids is 1. The van der Waals surface area contributed by atoms with E-state index in [9.17, 15) is 14.3 Å². The predicted octanol–water partition coefficient (Wildman–Crippen LogP) is 6.96. The molecule has 1 fully saturated rings. The van der Waals surface area contributed by atoms with E-state index in [1.165, 1.54) is 11.6 Å². The fraction of sp³-hybridized carbons (Fsp3) is 0.344. The number of aryl methyl sites for hydroxylation is 2. The molecule has 37 heavy (non-hydrogen) atoms. The zero-order chi connectivity index (χ0) is 25.9. The Kier molecular flexibility index (Phi) is 7.52. The molecular formula is C32H33F2NO2. The van der Waals surface area contributed by atoms with E-state index < -0.39 is 5.97 Å². The Balaban J connectivity index is 1.52. The van der Waals surface area contributed by atoms with Crippen LogP contribution in [0.1, 0.15) is 63.0 Å². The summed E-state index contributed by atoms with van der Waals surface area (Å²) in [6.45, 7) is 4.56. The van der Waals surface area contributed by atoms with Crippen LogP contribution in [0.5, 0.6) is 0 Å². The summed E-state index contributed by atoms with van der Waals surface area (Å²) in [7, 11) is 0. The van der Waals surface area contributed by atoms with Gasteiger partial charge in [-0.25, -0.2) is 9.18 Å². The van der Waals surface area contributed by atoms with Gasteiger partial charge in [-0.2, -0.15) is 0 Å². The smallest absolute Gasteiger partial charge is 0.335 e. The number of carboxylic acid groups (broad SMARTS) is 1. The number of aromatic carboxylic acids is 1. The van der Waals surface area contributed by atoms with Crippen LogP contribution >= 0.6 is 0 Å². The minimum atomic E-state index is -0.939. The summed E-state index contributed by atoms with van der Waals surface area (Å²) in [5.74, 6) is -0.572. The molecule has 0 spiro atoms. The van der Waals surface area contributed by atoms with Crippen molar-refractivity contribution in [2.75, 3.05) is 26.3 Å². The summed E-state index contributed by atoms with van der Waals surface area (Å²) in [6.07, 6.45) is 3.88. The molecule has 0 aromatic heterocycles. The molecule has 1 aliphatic heterocycles. The zero-order valence-electron chi connectivity index (χ0n) is 21.3. The van der Waals surface area contributed by atoms with E-state index in [-0.39, 0.29) is 18.1 Å². The summed E-state index contributed by atoms with van der Waals surface area (Å²) in [6, 6.07) is 19.1. The van der Waals surface area contributed by atoms with Crippen LogP contribution in [0.25, 0.3) is 11.1 Å². The van der Waals surface area contributed by atoms with Gasteiger partial charge in [0.15, 0.2) is 0 Å². The number of fused-ring (bicyclic) bond motifs is 1. The van der Waals surface area contributed by atoms with E-state index >= 15 is 4.39 Å². The minimum Gasteiger partial charge on any atom is -0.478 e. The van der Waals surface area contributed by atoms with Crippen molar-refractivity contribution in [1.29, 1.82) is 0 Å². The highest BCUT2D eigenvalue weighted by atomic mass is 19.1. The Bertz CT molecular complexity index is 1300. The fourth-order valence-electron chi connectivity index (χ4n) is 5.93. The van der Waals surface area contributed by atoms with Gasteiger partial charge in [0.25, 0.3) is 0 Å². The monoisotopic (exact) mass is 501 g/mol. The number of hydrogen-bond acceptors (Lipinski definition) is 2. The van der Waals surface area contributed by atoms with Gasteiger partial charge in [0.2, 0.25) is 0 Å². The number of alkyl halides is 1. The number of benzene rings is 3. The topological polar surface area (TPSA) is 40.5 Å². The highest BCUT2D eigenvalue weighted by Gasteiger charge is 2.27. The molecule has 5 heteroatoms. The minimum absolute atomic E-state index is 0.225. The maximum atomic E-state index is 15.2. The molecular weight excluding hydrogens is 468 g/mol. The number of carbonyl (C=O) groups is 1. The predicted molar refractivity (Wildman–Crippen MR) is 144 cm³/mol. The largest absolute Gasteiger partial charge is 0.478 e. The first-order chi connectivity index (χ1) is 17.9. The van der Waals surface area contributed by atoms with Crippen molar-refractivity contribution in [3.8, 4) is 0 Å². The highest BCUT2D eigenvalue weighted by molar-refractivity contribution is 6.01. The molecule has 2 aliphatic rings. The SMILES string of the molecule is Cc1cccc(F)c1C1=C(c2ccc(CC3CN(CCCF)C3)cc2)c2ccc(C(=O)O)cc2CCC1. The second-order valence-electron chi connectivity index (χ2n) is 10.4. The zero-order valence-corrected chi connectivity index (χ0v) is 21.3. The summed E-state index contributed by atoms with van der Waals surface area (Å²) < 4.78 is 27.7. The van der Waals surface area contributed by atoms with Crippen LogP contribution in [0.3, 0.4) is 0 Å². The first kappa shape index (κ1) is 25.3. The van der Waals surface area contributed by atoms with Gasteiger partial charge in [0.05, 0.1) is 12.2 Å². The molecule has 5 rings (SSSR count). The normalized spacial score (nSPS) is 16.3. The van der Waals surface area contributed by atoms with E-state index in [0.29, 0.717) is 24.3 Å². The number of halogens is 2. The van der Waals surface area contributed by atoms with Crippen LogP contribution < -0.4 is 0 Å². The Morgan fingerprint density at radius 2 is 1.84 bits per heavy atom. The third-order valence-corrected chi connectivity index (χ3v) is 7.73. The summed E-state index contributed by atoms with van der Waals surface area (Å²) in [5.41, 5.74) is 8.06. The van der Waals surface area contributed by atoms with E-state index in [4.69, 9.17) is 0 Å². The molecule has 0 amide bonds. The lowest BCUT2D eigenvalue weighted by atomic mass is 9.85. The molecule has 192 valence electrons. The molecule has 1 heterocycles. The summed E-state index contributed by atoms with van der Waals surface area (Å²) >= 11 is 0. The van der Waals surface area contributed by atoms with E-state index in [1.807, 2.05) is 19.1 Å². The third kappa shape index (κ3) is 5.37. The molecule has 0 radical (unpaired) electrons. The van der Waals surface area contributed by atoms with Crippen LogP contribution in [0.4, 0.5) is 8.78 Å². The van der Waals surface area contributed by atoms with E-state index in [1.54, 1.807) is 18.2 Å². The lowest BCUT2D eigenvalue weighted by Gasteiger charge is -2.39. The average Bonchev–Trinajstić information content (AvgIpc) is 3.04. The fourth-order valence-corrected chi connectivity index (χ4v) is 5.93. The molecule has 1 aliphatic carbocycles. The summed E-state index contributed by atoms with van der Waals surface area (Å²) in [5, 5.41) is 9.55. The first-order valence-corrected chi connectivity index (χ1v) is 13.2. The van der Waals surface area contributed by atoms with Crippen LogP contribution in [0.15, 0.2) is 60.7 Å². The molecule has 0 atom stereocenters. The van der Waals surface area contributed by atoms with Gasteiger partial charge < -0.3 is 10.0 Å². The first-order valence-electron chi connectivity index (χ1n) is 13.2. The Morgan fingerprint density at radius 3 is 2.54 bits per heavy atom. The molecule has 1 saturated heterocycles. The molecule has 0 saturated carbocycles. The maximum absolute atomic E-state index is 15.2. The van der Waals surface area contributed by atoms with Gasteiger partial charge in [-0.05, 0) is 102 Å². The van der Waals surface area contributed by atoms with Crippen molar-refractivity contribution < 1.29 is 18.7 Å². The molecule has 0 bridgehead atoms. The number of allylic oxidation sites excluding steroid dienone is 1. The number of hydrogen-bond donors (Lipinski definition) is 1. The van der Waals surface area contributed by atoms with Gasteiger partial charge in [-0.1, -0.05) is 42.5 Å². The van der Waals surface area contributed by atoms with Gasteiger partial charge in [0, 0.05) is 25.2 Å². The standard InChI is InChI=1S/C32H33F2NO2/c1-21-5-2-8-29(34)30(21)28-7-3-6-25-18-26(32(36)37)13-14-27(25)31(28)24-11-9-22(10-12-24)17-23-19-35(20-23)16-4-15-33/h2,5,8-14,18,23H,3-4,6-7,15-17,19-20H2,1H3,(H,36,37). The number of likely N-dealkylation sites (tertiary alicyclic amines) is 1. The molecule has 0 unspecified atom stereocenters. The van der Waals surface area contributed by atoms with Gasteiger partial charge in [-0.3, -0.25) is 4.39 Å². The van der Waals surface area contributed by atoms with Crippen LogP contribution in [-0.4, -0.2) is 42.3 Å². The van der Waals surface area contributed by atoms with Crippen molar-refractivity contribution in [2.45, 2.75) is 39.0 Å². The van der Waals surface area contributed by atoms with Gasteiger partial charge in [-0.15, -0.1) is 0 Å². The van der Waals surface area contributed by atoms with E-state index in [2.05, 4.69) is 29.2 Å². The maximum Gasteiger partial charge on any atom is 0.335 e. The van der Waals surface area contributed by atoms with Crippen molar-refractivity contribution in [1.82, 2.24) is 4.90 Å². The van der Waals surface area contributed by atoms with Crippen LogP contribution in [0, 0.1) is 18.7 Å². The van der Waals surface area contributed by atoms with Crippen LogP contribution in [0.2, 0.25) is 0 Å². The lowest BCUT2D eigenvalue weighted by Crippen LogP contribution is -2.47. The summed E-state index contributed by atoms with van der Waals surface area (Å²) in [4.78, 5) is 14.0. The third-order valence-electron chi connectivity index (χ3n) is 7.73. The second kappa shape index (κ2) is 11.0. The molecule has 3 aromatic carbocycles. The van der Waals surface area contributed by atoms with Crippen molar-refractivity contribution in [3.63, 3.8) is 0 Å². The quantitative estimate of drug-likeness (QED) is 0.363. The number of rotatable bonds is 8. The molecule has 1 N–H and O–H groups in total. The number of nitrogens with zero attached hydrogens (tertiary/aromatic N) is 1. The molecule has 3 aromatic rings. The van der Waals surface area contributed by atoms with Gasteiger partial charge in [0.1, 0.15) is 5.82 Å². The van der Waals surface area contributed by atoms with Crippen molar-refractivity contribution in [2.24, 2.45) is 5.92 Å². The highest BCUT2D eigenvalue weighted by Crippen LogP contribution is 2.42. The lowest BCUT2D eigenvalue weighted by molar-refractivity contribution is 0.0696. The van der Waals surface area contributed by atoms with Crippen molar-refractivity contribution in [3.05, 3.63) is 105 Å². The second-order valence-corrected chi connectivity index (χ2v) is 10.4. The Labute approximate surface area is 217 Å². The Hall–Kier alpha value is -3.31. The van der Waals surface area contributed by atoms with Gasteiger partial charge >= 0.3 is 5.97 Å². The van der Waals surface area contributed by atoms with Crippen molar-refractivity contribution >= 4 is 17.1 Å². The van der Waals surface area contributed by atoms with E-state index in [0.717, 1.165) is 72.3 Å². The Morgan fingerprint density at radius 1 is 1.05 bits per heavy atom.